The topological polar surface area (TPSA) is 48.9 Å². The monoisotopic (exact) mass is 320 g/mol. The fourth-order valence-electron chi connectivity index (χ4n) is 2.16. The van der Waals surface area contributed by atoms with E-state index in [9.17, 15) is 0 Å². The van der Waals surface area contributed by atoms with Crippen LogP contribution in [0.15, 0.2) is 29.3 Å². The van der Waals surface area contributed by atoms with E-state index >= 15 is 0 Å². The van der Waals surface area contributed by atoms with Gasteiger partial charge in [0.1, 0.15) is 0 Å². The van der Waals surface area contributed by atoms with Crippen LogP contribution in [0.1, 0.15) is 31.4 Å². The van der Waals surface area contributed by atoms with Crippen molar-refractivity contribution in [3.05, 3.63) is 35.4 Å². The van der Waals surface area contributed by atoms with Crippen LogP contribution in [0.4, 0.5) is 0 Å². The van der Waals surface area contributed by atoms with Crippen LogP contribution in [-0.2, 0) is 17.8 Å². The minimum Gasteiger partial charge on any atom is -0.385 e. The number of benzene rings is 1. The summed E-state index contributed by atoms with van der Waals surface area (Å²) in [6.07, 6.45) is 0.965. The summed E-state index contributed by atoms with van der Waals surface area (Å²) in [4.78, 5) is 6.61. The van der Waals surface area contributed by atoms with Crippen molar-refractivity contribution in [1.29, 1.82) is 0 Å². The van der Waals surface area contributed by atoms with Crippen molar-refractivity contribution in [2.75, 3.05) is 34.4 Å². The summed E-state index contributed by atoms with van der Waals surface area (Å²) in [7, 11) is 5.67. The summed E-state index contributed by atoms with van der Waals surface area (Å²) in [6, 6.07) is 9.10. The SMILES string of the molecule is CN=C(NCCCOC)NCc1ccccc1CN(C)C(C)C. The fourth-order valence-corrected chi connectivity index (χ4v) is 2.16. The summed E-state index contributed by atoms with van der Waals surface area (Å²) < 4.78 is 5.05. The Morgan fingerprint density at radius 2 is 1.91 bits per heavy atom. The number of ether oxygens (including phenoxy) is 1. The lowest BCUT2D eigenvalue weighted by Gasteiger charge is -2.23. The molecule has 0 spiro atoms. The quantitative estimate of drug-likeness (QED) is 0.416. The van der Waals surface area contributed by atoms with E-state index in [-0.39, 0.29) is 0 Å². The molecule has 0 aliphatic carbocycles. The van der Waals surface area contributed by atoms with Gasteiger partial charge in [-0.2, -0.15) is 0 Å². The van der Waals surface area contributed by atoms with Gasteiger partial charge in [-0.05, 0) is 38.4 Å². The lowest BCUT2D eigenvalue weighted by Crippen LogP contribution is -2.38. The van der Waals surface area contributed by atoms with Crippen molar-refractivity contribution in [2.24, 2.45) is 4.99 Å². The second-order valence-electron chi connectivity index (χ2n) is 5.98. The molecule has 0 bridgehead atoms. The molecule has 5 heteroatoms. The Morgan fingerprint density at radius 1 is 1.22 bits per heavy atom. The highest BCUT2D eigenvalue weighted by molar-refractivity contribution is 5.79. The van der Waals surface area contributed by atoms with Crippen LogP contribution in [0.25, 0.3) is 0 Å². The number of methoxy groups -OCH3 is 1. The van der Waals surface area contributed by atoms with E-state index in [0.29, 0.717) is 6.04 Å². The van der Waals surface area contributed by atoms with Gasteiger partial charge in [-0.25, -0.2) is 0 Å². The van der Waals surface area contributed by atoms with Crippen LogP contribution in [0.5, 0.6) is 0 Å². The zero-order valence-corrected chi connectivity index (χ0v) is 15.2. The molecule has 0 aromatic heterocycles. The molecule has 0 radical (unpaired) electrons. The lowest BCUT2D eigenvalue weighted by atomic mass is 10.1. The van der Waals surface area contributed by atoms with Gasteiger partial charge in [-0.1, -0.05) is 24.3 Å². The number of rotatable bonds is 9. The molecule has 130 valence electrons. The first kappa shape index (κ1) is 19.5. The maximum absolute atomic E-state index is 5.05. The highest BCUT2D eigenvalue weighted by Gasteiger charge is 2.08. The molecule has 1 aromatic rings. The van der Waals surface area contributed by atoms with Gasteiger partial charge in [-0.15, -0.1) is 0 Å². The van der Waals surface area contributed by atoms with Crippen molar-refractivity contribution in [3.63, 3.8) is 0 Å². The van der Waals surface area contributed by atoms with E-state index in [4.69, 9.17) is 4.74 Å². The first-order valence-electron chi connectivity index (χ1n) is 8.29. The number of hydrogen-bond acceptors (Lipinski definition) is 3. The molecule has 1 aromatic carbocycles. The van der Waals surface area contributed by atoms with Crippen LogP contribution in [-0.4, -0.2) is 51.3 Å². The Kier molecular flexibility index (Phi) is 9.33. The average molecular weight is 320 g/mol. The highest BCUT2D eigenvalue weighted by Crippen LogP contribution is 2.12. The highest BCUT2D eigenvalue weighted by atomic mass is 16.5. The Hall–Kier alpha value is -1.59. The van der Waals surface area contributed by atoms with Crippen LogP contribution < -0.4 is 10.6 Å². The second-order valence-corrected chi connectivity index (χ2v) is 5.98. The van der Waals surface area contributed by atoms with Crippen LogP contribution in [0.3, 0.4) is 0 Å². The zero-order valence-electron chi connectivity index (χ0n) is 15.2. The van der Waals surface area contributed by atoms with Gasteiger partial charge in [0.15, 0.2) is 5.96 Å². The minimum absolute atomic E-state index is 0.534. The van der Waals surface area contributed by atoms with Crippen LogP contribution in [0, 0.1) is 0 Å². The van der Waals surface area contributed by atoms with Crippen molar-refractivity contribution in [3.8, 4) is 0 Å². The third-order valence-corrected chi connectivity index (χ3v) is 3.91. The van der Waals surface area contributed by atoms with E-state index in [0.717, 1.165) is 38.6 Å². The van der Waals surface area contributed by atoms with Crippen molar-refractivity contribution in [1.82, 2.24) is 15.5 Å². The van der Waals surface area contributed by atoms with Gasteiger partial charge < -0.3 is 15.4 Å². The predicted octanol–water partition coefficient (Wildman–Crippen LogP) is 2.23. The van der Waals surface area contributed by atoms with E-state index in [2.05, 4.69) is 65.7 Å². The Labute approximate surface area is 141 Å². The van der Waals surface area contributed by atoms with Gasteiger partial charge in [0.05, 0.1) is 0 Å². The Morgan fingerprint density at radius 3 is 2.52 bits per heavy atom. The third kappa shape index (κ3) is 7.48. The molecular weight excluding hydrogens is 288 g/mol. The molecule has 0 atom stereocenters. The van der Waals surface area contributed by atoms with E-state index in [1.54, 1.807) is 14.2 Å². The zero-order chi connectivity index (χ0) is 17.1. The molecule has 1 rings (SSSR count). The summed E-state index contributed by atoms with van der Waals surface area (Å²) >= 11 is 0. The molecule has 0 saturated heterocycles. The average Bonchev–Trinajstić information content (AvgIpc) is 2.55. The number of aliphatic imine (C=N–C) groups is 1. The smallest absolute Gasteiger partial charge is 0.191 e. The molecule has 0 amide bonds. The molecule has 0 saturated carbocycles. The number of nitrogens with one attached hydrogen (secondary N) is 2. The van der Waals surface area contributed by atoms with Crippen molar-refractivity contribution >= 4 is 5.96 Å². The molecule has 0 aliphatic heterocycles. The van der Waals surface area contributed by atoms with E-state index < -0.39 is 0 Å². The Bertz CT molecular complexity index is 474. The Balaban J connectivity index is 2.56. The molecule has 0 unspecified atom stereocenters. The first-order chi connectivity index (χ1) is 11.1. The molecule has 2 N–H and O–H groups in total. The van der Waals surface area contributed by atoms with Crippen LogP contribution >= 0.6 is 0 Å². The summed E-state index contributed by atoms with van der Waals surface area (Å²) in [5.41, 5.74) is 2.66. The van der Waals surface area contributed by atoms with Crippen molar-refractivity contribution < 1.29 is 4.74 Å². The fraction of sp³-hybridized carbons (Fsp3) is 0.611. The maximum atomic E-state index is 5.05. The summed E-state index contributed by atoms with van der Waals surface area (Å²) in [5, 5.41) is 6.69. The molecule has 0 heterocycles. The maximum Gasteiger partial charge on any atom is 0.191 e. The summed E-state index contributed by atoms with van der Waals surface area (Å²) in [5.74, 6) is 0.827. The number of guanidine groups is 1. The standard InChI is InChI=1S/C18H32N4O/c1-15(2)22(4)14-17-10-7-6-9-16(17)13-21-18(19-3)20-11-8-12-23-5/h6-7,9-10,15H,8,11-14H2,1-5H3,(H2,19,20,21). The molecule has 0 fully saturated rings. The molecule has 5 nitrogen and oxygen atoms in total. The van der Waals surface area contributed by atoms with Crippen molar-refractivity contribution in [2.45, 2.75) is 39.4 Å². The largest absolute Gasteiger partial charge is 0.385 e. The van der Waals surface area contributed by atoms with Gasteiger partial charge in [-0.3, -0.25) is 9.89 Å². The van der Waals surface area contributed by atoms with Gasteiger partial charge >= 0.3 is 0 Å². The molecule has 0 aliphatic rings. The summed E-state index contributed by atoms with van der Waals surface area (Å²) in [6.45, 7) is 7.76. The van der Waals surface area contributed by atoms with E-state index in [1.807, 2.05) is 0 Å². The first-order valence-corrected chi connectivity index (χ1v) is 8.29. The molecule has 23 heavy (non-hydrogen) atoms. The van der Waals surface area contributed by atoms with Gasteiger partial charge in [0.2, 0.25) is 0 Å². The molecular formula is C18H32N4O. The predicted molar refractivity (Wildman–Crippen MR) is 97.7 cm³/mol. The van der Waals surface area contributed by atoms with Crippen LogP contribution in [0.2, 0.25) is 0 Å². The second kappa shape index (κ2) is 11.0. The number of hydrogen-bond donors (Lipinski definition) is 2. The number of nitrogens with zero attached hydrogens (tertiary/aromatic N) is 2. The van der Waals surface area contributed by atoms with E-state index in [1.165, 1.54) is 11.1 Å². The third-order valence-electron chi connectivity index (χ3n) is 3.91. The van der Waals surface area contributed by atoms with Gasteiger partial charge in [0.25, 0.3) is 0 Å². The van der Waals surface area contributed by atoms with Gasteiger partial charge in [0, 0.05) is 46.4 Å². The lowest BCUT2D eigenvalue weighted by molar-refractivity contribution is 0.195. The normalized spacial score (nSPS) is 12.0. The minimum atomic E-state index is 0.534.